The summed E-state index contributed by atoms with van der Waals surface area (Å²) in [5.41, 5.74) is 5.00. The van der Waals surface area contributed by atoms with E-state index in [4.69, 9.17) is 0 Å². The van der Waals surface area contributed by atoms with Gasteiger partial charge in [-0.3, -0.25) is 9.59 Å². The zero-order valence-corrected chi connectivity index (χ0v) is 19.2. The van der Waals surface area contributed by atoms with Gasteiger partial charge in [-0.1, -0.05) is 78.9 Å². The molecule has 1 amide bonds. The van der Waals surface area contributed by atoms with Gasteiger partial charge in [-0.2, -0.15) is 0 Å². The van der Waals surface area contributed by atoms with E-state index in [0.717, 1.165) is 46.1 Å². The summed E-state index contributed by atoms with van der Waals surface area (Å²) in [6.07, 6.45) is 1.58. The van der Waals surface area contributed by atoms with Gasteiger partial charge in [0.2, 0.25) is 5.91 Å². The number of rotatable bonds is 6. The molecule has 0 saturated carbocycles. The highest BCUT2D eigenvalue weighted by molar-refractivity contribution is 5.90. The topological polar surface area (TPSA) is 62.5 Å². The average Bonchev–Trinajstić information content (AvgIpc) is 3.17. The quantitative estimate of drug-likeness (QED) is 0.454. The van der Waals surface area contributed by atoms with Gasteiger partial charge in [0.05, 0.1) is 12.3 Å². The second-order valence-corrected chi connectivity index (χ2v) is 9.02. The molecular weight excluding hydrogens is 424 g/mol. The minimum absolute atomic E-state index is 0.0202. The number of carboxylic acids is 1. The molecule has 0 aliphatic carbocycles. The summed E-state index contributed by atoms with van der Waals surface area (Å²) in [6.45, 7) is 0.661. The summed E-state index contributed by atoms with van der Waals surface area (Å²) in [7, 11) is 1.90. The number of hydrogen-bond donors (Lipinski definition) is 1. The van der Waals surface area contributed by atoms with Crippen molar-refractivity contribution < 1.29 is 14.7 Å². The predicted octanol–water partition coefficient (Wildman–Crippen LogP) is 4.87. The number of amides is 1. The molecule has 0 unspecified atom stereocenters. The predicted molar refractivity (Wildman–Crippen MR) is 133 cm³/mol. The van der Waals surface area contributed by atoms with E-state index in [-0.39, 0.29) is 24.3 Å². The normalized spacial score (nSPS) is 15.3. The van der Waals surface area contributed by atoms with Crippen LogP contribution in [0, 0.1) is 0 Å². The fourth-order valence-electron chi connectivity index (χ4n) is 5.34. The first-order valence-corrected chi connectivity index (χ1v) is 11.7. The van der Waals surface area contributed by atoms with E-state index in [1.807, 2.05) is 96.9 Å². The van der Waals surface area contributed by atoms with Crippen LogP contribution in [-0.2, 0) is 29.0 Å². The van der Waals surface area contributed by atoms with Crippen LogP contribution < -0.4 is 0 Å². The summed E-state index contributed by atoms with van der Waals surface area (Å²) in [5.74, 6) is -1.10. The van der Waals surface area contributed by atoms with Crippen molar-refractivity contribution in [1.29, 1.82) is 0 Å². The minimum atomic E-state index is -0.817. The highest BCUT2D eigenvalue weighted by atomic mass is 16.4. The van der Waals surface area contributed by atoms with Gasteiger partial charge in [0.25, 0.3) is 0 Å². The van der Waals surface area contributed by atoms with Crippen molar-refractivity contribution in [1.82, 2.24) is 9.47 Å². The summed E-state index contributed by atoms with van der Waals surface area (Å²) < 4.78 is 2.23. The molecule has 5 heteroatoms. The molecule has 5 rings (SSSR count). The van der Waals surface area contributed by atoms with Crippen LogP contribution in [0.15, 0.2) is 84.9 Å². The molecule has 172 valence electrons. The molecule has 1 aliphatic rings. The van der Waals surface area contributed by atoms with Crippen LogP contribution in [0.25, 0.3) is 10.9 Å². The zero-order chi connectivity index (χ0) is 23.7. The van der Waals surface area contributed by atoms with E-state index in [9.17, 15) is 14.7 Å². The number of benzene rings is 3. The molecule has 2 heterocycles. The Labute approximate surface area is 199 Å². The van der Waals surface area contributed by atoms with Crippen LogP contribution in [0.1, 0.15) is 34.7 Å². The highest BCUT2D eigenvalue weighted by Crippen LogP contribution is 2.34. The van der Waals surface area contributed by atoms with Crippen molar-refractivity contribution in [2.24, 2.45) is 0 Å². The van der Waals surface area contributed by atoms with Crippen molar-refractivity contribution in [3.8, 4) is 0 Å². The van der Waals surface area contributed by atoms with Gasteiger partial charge in [0.15, 0.2) is 0 Å². The van der Waals surface area contributed by atoms with Gasteiger partial charge in [-0.05, 0) is 35.6 Å². The largest absolute Gasteiger partial charge is 0.481 e. The molecule has 1 aromatic heterocycles. The third kappa shape index (κ3) is 3.98. The molecule has 34 heavy (non-hydrogen) atoms. The molecule has 5 nitrogen and oxygen atoms in total. The van der Waals surface area contributed by atoms with Crippen LogP contribution >= 0.6 is 0 Å². The van der Waals surface area contributed by atoms with E-state index in [0.29, 0.717) is 6.54 Å². The number of fused-ring (bicyclic) bond motifs is 3. The Morgan fingerprint density at radius 3 is 2.15 bits per heavy atom. The number of likely N-dealkylation sites (N-methyl/N-ethyl adjacent to an activating group) is 1. The van der Waals surface area contributed by atoms with Crippen LogP contribution in [0.5, 0.6) is 0 Å². The average molecular weight is 453 g/mol. The van der Waals surface area contributed by atoms with E-state index in [2.05, 4.69) is 4.57 Å². The number of nitrogens with zero attached hydrogens (tertiary/aromatic N) is 2. The smallest absolute Gasteiger partial charge is 0.307 e. The summed E-state index contributed by atoms with van der Waals surface area (Å²) in [5, 5.41) is 10.5. The van der Waals surface area contributed by atoms with Crippen molar-refractivity contribution in [2.75, 3.05) is 7.05 Å². The molecule has 3 aromatic carbocycles. The fraction of sp³-hybridized carbons (Fsp3) is 0.241. The van der Waals surface area contributed by atoms with E-state index >= 15 is 0 Å². The first-order chi connectivity index (χ1) is 16.5. The van der Waals surface area contributed by atoms with Crippen LogP contribution in [0.4, 0.5) is 0 Å². The molecule has 0 saturated heterocycles. The minimum Gasteiger partial charge on any atom is -0.481 e. The molecule has 0 radical (unpaired) electrons. The Kier molecular flexibility index (Phi) is 5.93. The summed E-state index contributed by atoms with van der Waals surface area (Å²) in [6, 6.07) is 27.9. The van der Waals surface area contributed by atoms with Gasteiger partial charge in [0.1, 0.15) is 0 Å². The van der Waals surface area contributed by atoms with Gasteiger partial charge >= 0.3 is 5.97 Å². The molecule has 0 bridgehead atoms. The van der Waals surface area contributed by atoms with Crippen molar-refractivity contribution in [2.45, 2.75) is 37.8 Å². The number of carbonyl (C=O) groups is 2. The Morgan fingerprint density at radius 1 is 0.941 bits per heavy atom. The number of aromatic nitrogens is 1. The zero-order valence-electron chi connectivity index (χ0n) is 19.2. The van der Waals surface area contributed by atoms with Gasteiger partial charge < -0.3 is 14.6 Å². The molecule has 1 atom stereocenters. The Hall–Kier alpha value is -3.86. The molecule has 0 spiro atoms. The maximum absolute atomic E-state index is 13.9. The van der Waals surface area contributed by atoms with Crippen LogP contribution in [0.3, 0.4) is 0 Å². The Morgan fingerprint density at radius 2 is 1.53 bits per heavy atom. The number of carboxylic acid groups (broad SMARTS) is 1. The van der Waals surface area contributed by atoms with Gasteiger partial charge in [-0.15, -0.1) is 0 Å². The molecule has 1 aliphatic heterocycles. The van der Waals surface area contributed by atoms with Crippen molar-refractivity contribution in [3.63, 3.8) is 0 Å². The third-order valence-corrected chi connectivity index (χ3v) is 7.04. The van der Waals surface area contributed by atoms with E-state index < -0.39 is 5.97 Å². The lowest BCUT2D eigenvalue weighted by Crippen LogP contribution is -2.44. The first kappa shape index (κ1) is 22.0. The maximum Gasteiger partial charge on any atom is 0.307 e. The second kappa shape index (κ2) is 9.18. The number of carbonyl (C=O) groups excluding carboxylic acids is 1. The molecular formula is C29H28N2O3. The molecule has 0 fully saturated rings. The number of aliphatic carboxylic acids is 1. The Balaban J connectivity index is 1.48. The molecule has 1 N–H and O–H groups in total. The molecule has 4 aromatic rings. The van der Waals surface area contributed by atoms with Gasteiger partial charge in [-0.25, -0.2) is 0 Å². The monoisotopic (exact) mass is 452 g/mol. The fourth-order valence-corrected chi connectivity index (χ4v) is 5.34. The van der Waals surface area contributed by atoms with Crippen molar-refractivity contribution in [3.05, 3.63) is 107 Å². The maximum atomic E-state index is 13.9. The standard InChI is InChI=1S/C29H28N2O3/c1-30(29(34)28(20-10-4-2-5-11-20)21-12-6-3-7-13-21)22-16-17-26-24(18-27(32)33)23-14-8-9-15-25(23)31(26)19-22/h2-15,22,28H,16-19H2,1H3,(H,32,33)/t22-/m1/s1. The lowest BCUT2D eigenvalue weighted by atomic mass is 9.89. The third-order valence-electron chi connectivity index (χ3n) is 7.04. The lowest BCUT2D eigenvalue weighted by molar-refractivity contribution is -0.136. The van der Waals surface area contributed by atoms with E-state index in [1.54, 1.807) is 0 Å². The van der Waals surface area contributed by atoms with Crippen LogP contribution in [0.2, 0.25) is 0 Å². The summed E-state index contributed by atoms with van der Waals surface area (Å²) in [4.78, 5) is 27.4. The summed E-state index contributed by atoms with van der Waals surface area (Å²) >= 11 is 0. The first-order valence-electron chi connectivity index (χ1n) is 11.7. The number of para-hydroxylation sites is 1. The Bertz CT molecular complexity index is 1290. The van der Waals surface area contributed by atoms with E-state index in [1.165, 1.54) is 0 Å². The lowest BCUT2D eigenvalue weighted by Gasteiger charge is -2.35. The SMILES string of the molecule is CN(C(=O)C(c1ccccc1)c1ccccc1)[C@@H]1CCc2c(CC(=O)O)c3ccccc3n2C1. The second-order valence-electron chi connectivity index (χ2n) is 9.02. The van der Waals surface area contributed by atoms with Crippen LogP contribution in [-0.4, -0.2) is 39.5 Å². The number of hydrogen-bond acceptors (Lipinski definition) is 2. The van der Waals surface area contributed by atoms with Crippen molar-refractivity contribution >= 4 is 22.8 Å². The highest BCUT2D eigenvalue weighted by Gasteiger charge is 2.33. The van der Waals surface area contributed by atoms with Gasteiger partial charge in [0, 0.05) is 36.2 Å².